The first-order valence-electron chi connectivity index (χ1n) is 7.16. The molecule has 0 radical (unpaired) electrons. The minimum absolute atomic E-state index is 0.0994. The van der Waals surface area contributed by atoms with Gasteiger partial charge in [-0.3, -0.25) is 14.4 Å². The molecule has 2 N–H and O–H groups in total. The van der Waals surface area contributed by atoms with Crippen molar-refractivity contribution < 1.29 is 19.1 Å². The van der Waals surface area contributed by atoms with Crippen molar-refractivity contribution in [3.8, 4) is 0 Å². The fraction of sp³-hybridized carbons (Fsp3) is 0.786. The largest absolute Gasteiger partial charge is 0.468 e. The van der Waals surface area contributed by atoms with Gasteiger partial charge in [-0.05, 0) is 25.7 Å². The van der Waals surface area contributed by atoms with Crippen LogP contribution in [0.2, 0.25) is 0 Å². The molecule has 1 aliphatic rings. The normalized spacial score (nSPS) is 17.1. The third-order valence-corrected chi connectivity index (χ3v) is 3.60. The van der Waals surface area contributed by atoms with Crippen LogP contribution in [-0.2, 0) is 19.1 Å². The summed E-state index contributed by atoms with van der Waals surface area (Å²) in [6.07, 6.45) is 6.30. The lowest BCUT2D eigenvalue weighted by atomic mass is 9.87. The first-order valence-corrected chi connectivity index (χ1v) is 7.16. The molecule has 1 atom stereocenters. The number of carbonyl (C=O) groups is 3. The fourth-order valence-electron chi connectivity index (χ4n) is 2.40. The molecule has 0 heterocycles. The second-order valence-electron chi connectivity index (χ2n) is 5.29. The first kappa shape index (κ1) is 16.5. The fourth-order valence-corrected chi connectivity index (χ4v) is 2.40. The zero-order chi connectivity index (χ0) is 15.0. The second-order valence-corrected chi connectivity index (χ2v) is 5.29. The van der Waals surface area contributed by atoms with Gasteiger partial charge in [0, 0.05) is 6.42 Å². The van der Waals surface area contributed by atoms with Crippen LogP contribution in [-0.4, -0.2) is 37.5 Å². The molecule has 20 heavy (non-hydrogen) atoms. The summed E-state index contributed by atoms with van der Waals surface area (Å²) in [5, 5.41) is 5.08. The Kier molecular flexibility index (Phi) is 7.04. The van der Waals surface area contributed by atoms with E-state index in [1.54, 1.807) is 6.92 Å². The van der Waals surface area contributed by atoms with Crippen molar-refractivity contribution in [3.63, 3.8) is 0 Å². The van der Waals surface area contributed by atoms with Crippen molar-refractivity contribution in [1.29, 1.82) is 0 Å². The van der Waals surface area contributed by atoms with E-state index in [4.69, 9.17) is 0 Å². The van der Waals surface area contributed by atoms with Crippen LogP contribution in [0, 0.1) is 5.92 Å². The van der Waals surface area contributed by atoms with Crippen molar-refractivity contribution in [2.45, 2.75) is 51.5 Å². The molecule has 0 unspecified atom stereocenters. The van der Waals surface area contributed by atoms with Crippen molar-refractivity contribution >= 4 is 17.8 Å². The zero-order valence-electron chi connectivity index (χ0n) is 12.2. The van der Waals surface area contributed by atoms with Gasteiger partial charge in [-0.1, -0.05) is 19.3 Å². The van der Waals surface area contributed by atoms with E-state index in [1.165, 1.54) is 26.4 Å². The van der Waals surface area contributed by atoms with E-state index in [-0.39, 0.29) is 18.4 Å². The molecule has 0 spiro atoms. The predicted molar refractivity (Wildman–Crippen MR) is 73.8 cm³/mol. The topological polar surface area (TPSA) is 84.5 Å². The Bertz CT molecular complexity index is 351. The Morgan fingerprint density at radius 1 is 1.20 bits per heavy atom. The lowest BCUT2D eigenvalue weighted by Crippen LogP contribution is -2.46. The van der Waals surface area contributed by atoms with Gasteiger partial charge in [-0.15, -0.1) is 0 Å². The lowest BCUT2D eigenvalue weighted by Gasteiger charge is -2.22. The number of esters is 1. The van der Waals surface area contributed by atoms with Crippen molar-refractivity contribution in [1.82, 2.24) is 10.6 Å². The van der Waals surface area contributed by atoms with Crippen molar-refractivity contribution in [2.75, 3.05) is 13.7 Å². The maximum Gasteiger partial charge on any atom is 0.325 e. The lowest BCUT2D eigenvalue weighted by molar-refractivity contribution is -0.141. The third kappa shape index (κ3) is 6.04. The second kappa shape index (κ2) is 8.55. The van der Waals surface area contributed by atoms with Gasteiger partial charge in [0.15, 0.2) is 0 Å². The standard InChI is InChI=1S/C14H24N2O4/c1-10(14(19)15-9-13(18)20-2)16-12(17)8-11-6-4-3-5-7-11/h10-11H,3-9H2,1-2H3,(H,15,19)(H,16,17)/t10-/m0/s1. The Labute approximate surface area is 119 Å². The molecule has 1 fully saturated rings. The molecule has 0 aliphatic heterocycles. The van der Waals surface area contributed by atoms with Gasteiger partial charge in [0.1, 0.15) is 12.6 Å². The molecule has 6 nitrogen and oxygen atoms in total. The van der Waals surface area contributed by atoms with Crippen LogP contribution in [0.3, 0.4) is 0 Å². The summed E-state index contributed by atoms with van der Waals surface area (Å²) in [7, 11) is 1.25. The van der Waals surface area contributed by atoms with Gasteiger partial charge in [-0.2, -0.15) is 0 Å². The summed E-state index contributed by atoms with van der Waals surface area (Å²) < 4.78 is 4.42. The highest BCUT2D eigenvalue weighted by Gasteiger charge is 2.20. The van der Waals surface area contributed by atoms with Gasteiger partial charge in [0.2, 0.25) is 11.8 Å². The average molecular weight is 284 g/mol. The molecule has 6 heteroatoms. The minimum Gasteiger partial charge on any atom is -0.468 e. The molecule has 0 aromatic heterocycles. The quantitative estimate of drug-likeness (QED) is 0.705. The Balaban J connectivity index is 2.25. The third-order valence-electron chi connectivity index (χ3n) is 3.60. The molecular weight excluding hydrogens is 260 g/mol. The Morgan fingerprint density at radius 2 is 1.85 bits per heavy atom. The SMILES string of the molecule is COC(=O)CNC(=O)[C@H](C)NC(=O)CC1CCCCC1. The summed E-state index contributed by atoms with van der Waals surface area (Å²) in [4.78, 5) is 34.4. The van der Waals surface area contributed by atoms with E-state index >= 15 is 0 Å². The number of nitrogens with one attached hydrogen (secondary N) is 2. The smallest absolute Gasteiger partial charge is 0.325 e. The first-order chi connectivity index (χ1) is 9.52. The van der Waals surface area contributed by atoms with Crippen LogP contribution in [0.5, 0.6) is 0 Å². The number of methoxy groups -OCH3 is 1. The molecule has 1 saturated carbocycles. The van der Waals surface area contributed by atoms with Crippen LogP contribution in [0.25, 0.3) is 0 Å². The molecule has 1 rings (SSSR count). The van der Waals surface area contributed by atoms with E-state index in [9.17, 15) is 14.4 Å². The van der Waals surface area contributed by atoms with E-state index in [0.717, 1.165) is 12.8 Å². The number of hydrogen-bond donors (Lipinski definition) is 2. The molecule has 0 aromatic rings. The van der Waals surface area contributed by atoms with E-state index in [1.807, 2.05) is 0 Å². The van der Waals surface area contributed by atoms with E-state index in [0.29, 0.717) is 12.3 Å². The highest BCUT2D eigenvalue weighted by Crippen LogP contribution is 2.26. The zero-order valence-corrected chi connectivity index (χ0v) is 12.2. The summed E-state index contributed by atoms with van der Waals surface area (Å²) in [5.41, 5.74) is 0. The molecule has 0 bridgehead atoms. The van der Waals surface area contributed by atoms with E-state index in [2.05, 4.69) is 15.4 Å². The summed E-state index contributed by atoms with van der Waals surface area (Å²) in [6, 6.07) is -0.643. The molecule has 114 valence electrons. The highest BCUT2D eigenvalue weighted by atomic mass is 16.5. The Morgan fingerprint density at radius 3 is 2.45 bits per heavy atom. The number of ether oxygens (including phenoxy) is 1. The van der Waals surface area contributed by atoms with Crippen molar-refractivity contribution in [3.05, 3.63) is 0 Å². The van der Waals surface area contributed by atoms with Crippen molar-refractivity contribution in [2.24, 2.45) is 5.92 Å². The molecule has 0 saturated heterocycles. The molecule has 1 aliphatic carbocycles. The van der Waals surface area contributed by atoms with Crippen LogP contribution in [0.1, 0.15) is 45.4 Å². The van der Waals surface area contributed by atoms with Crippen LogP contribution in [0.15, 0.2) is 0 Å². The van der Waals surface area contributed by atoms with E-state index < -0.39 is 12.0 Å². The maximum atomic E-state index is 11.8. The molecule has 2 amide bonds. The van der Waals surface area contributed by atoms with Crippen LogP contribution < -0.4 is 10.6 Å². The van der Waals surface area contributed by atoms with Gasteiger partial charge in [-0.25, -0.2) is 0 Å². The number of rotatable bonds is 6. The molecular formula is C14H24N2O4. The van der Waals surface area contributed by atoms with Gasteiger partial charge in [0.05, 0.1) is 7.11 Å². The number of carbonyl (C=O) groups excluding carboxylic acids is 3. The minimum atomic E-state index is -0.643. The average Bonchev–Trinajstić information content (AvgIpc) is 2.45. The highest BCUT2D eigenvalue weighted by molar-refractivity contribution is 5.89. The number of hydrogen-bond acceptors (Lipinski definition) is 4. The Hall–Kier alpha value is -1.59. The van der Waals surface area contributed by atoms with Gasteiger partial charge >= 0.3 is 5.97 Å². The summed E-state index contributed by atoms with van der Waals surface area (Å²) in [5.74, 6) is -0.557. The molecule has 0 aromatic carbocycles. The summed E-state index contributed by atoms with van der Waals surface area (Å²) in [6.45, 7) is 1.42. The van der Waals surface area contributed by atoms with Gasteiger partial charge < -0.3 is 15.4 Å². The van der Waals surface area contributed by atoms with Crippen LogP contribution in [0.4, 0.5) is 0 Å². The monoisotopic (exact) mass is 284 g/mol. The predicted octanol–water partition coefficient (Wildman–Crippen LogP) is 0.751. The van der Waals surface area contributed by atoms with Crippen LogP contribution >= 0.6 is 0 Å². The summed E-state index contributed by atoms with van der Waals surface area (Å²) >= 11 is 0. The number of amides is 2. The van der Waals surface area contributed by atoms with Gasteiger partial charge in [0.25, 0.3) is 0 Å². The maximum absolute atomic E-state index is 11.8.